The Morgan fingerprint density at radius 3 is 2.36 bits per heavy atom. The fraction of sp³-hybridized carbons (Fsp3) is 0.727. The maximum atomic E-state index is 12.6. The van der Waals surface area contributed by atoms with Crippen LogP contribution in [-0.2, 0) is 9.47 Å². The Morgan fingerprint density at radius 2 is 1.77 bits per heavy atom. The lowest BCUT2D eigenvalue weighted by Gasteiger charge is -2.53. The van der Waals surface area contributed by atoms with Crippen LogP contribution in [0.4, 0.5) is 10.6 Å². The topological polar surface area (TPSA) is 89.5 Å². The predicted octanol–water partition coefficient (Wildman–Crippen LogP) is 5.75. The van der Waals surface area contributed by atoms with Crippen LogP contribution in [0.25, 0.3) is 10.9 Å². The molecule has 1 aromatic heterocycles. The van der Waals surface area contributed by atoms with Crippen LogP contribution in [0.3, 0.4) is 0 Å². The van der Waals surface area contributed by atoms with Crippen molar-refractivity contribution in [3.8, 4) is 11.8 Å². The molecule has 0 unspecified atom stereocenters. The smallest absolute Gasteiger partial charge is 0.410 e. The van der Waals surface area contributed by atoms with Crippen molar-refractivity contribution in [2.24, 2.45) is 5.41 Å². The van der Waals surface area contributed by atoms with Gasteiger partial charge in [0.1, 0.15) is 23.0 Å². The molecule has 1 saturated carbocycles. The summed E-state index contributed by atoms with van der Waals surface area (Å²) in [5, 5.41) is 1.03. The molecular weight excluding hydrogens is 626 g/mol. The molecule has 1 aliphatic carbocycles. The molecule has 10 nitrogen and oxygen atoms in total. The van der Waals surface area contributed by atoms with E-state index in [0.717, 1.165) is 105 Å². The minimum Gasteiger partial charge on any atom is -0.490 e. The number of anilines is 1. The van der Waals surface area contributed by atoms with E-state index in [2.05, 4.69) is 31.8 Å². The molecule has 1 aromatic carbocycles. The summed E-state index contributed by atoms with van der Waals surface area (Å²) >= 11 is 3.89. The summed E-state index contributed by atoms with van der Waals surface area (Å²) in [6.45, 7) is 15.3. The molecule has 7 rings (SSSR count). The van der Waals surface area contributed by atoms with Crippen LogP contribution in [0.5, 0.6) is 11.8 Å². The SMILES string of the molecule is CCOc1c(Br)c(C2CC2)cc2c(N3CCC4(CC3)CN(C(=O)OC(C)(C)C)C4)nc(OC3CCN(C4COC4)CC3)nc12. The first-order valence-electron chi connectivity index (χ1n) is 16.5. The summed E-state index contributed by atoms with van der Waals surface area (Å²) in [7, 11) is 0. The van der Waals surface area contributed by atoms with Crippen LogP contribution in [0.15, 0.2) is 10.5 Å². The quantitative estimate of drug-likeness (QED) is 0.365. The Balaban J connectivity index is 1.13. The molecule has 1 amide bonds. The van der Waals surface area contributed by atoms with Gasteiger partial charge in [0.2, 0.25) is 0 Å². The number of fused-ring (bicyclic) bond motifs is 1. The van der Waals surface area contributed by atoms with Crippen molar-refractivity contribution < 1.29 is 23.7 Å². The van der Waals surface area contributed by atoms with Crippen molar-refractivity contribution in [3.05, 3.63) is 16.1 Å². The number of hydrogen-bond donors (Lipinski definition) is 0. The molecule has 44 heavy (non-hydrogen) atoms. The van der Waals surface area contributed by atoms with Gasteiger partial charge in [0.05, 0.1) is 30.3 Å². The van der Waals surface area contributed by atoms with Crippen molar-refractivity contribution in [2.45, 2.75) is 89.9 Å². The molecule has 5 heterocycles. The number of amides is 1. The highest BCUT2D eigenvalue weighted by molar-refractivity contribution is 9.10. The fourth-order valence-corrected chi connectivity index (χ4v) is 7.87. The molecular formula is C33H46BrN5O5. The first-order valence-corrected chi connectivity index (χ1v) is 17.3. The van der Waals surface area contributed by atoms with E-state index in [1.807, 2.05) is 32.6 Å². The second kappa shape index (κ2) is 11.8. The molecule has 0 bridgehead atoms. The third kappa shape index (κ3) is 6.08. The van der Waals surface area contributed by atoms with Crippen molar-refractivity contribution in [1.29, 1.82) is 0 Å². The standard InChI is InChI=1S/C33H46BrN5O5/c1-5-42-28-26(34)24(21-6-7-21)16-25-27(28)35-30(43-23-8-12-37(13-9-23)22-17-41-18-22)36-29(25)38-14-10-33(11-15-38)19-39(20-33)31(40)44-32(2,3)4/h16,21-23H,5-15,17-20H2,1-4H3. The Bertz CT molecular complexity index is 1380. The van der Waals surface area contributed by atoms with E-state index in [1.165, 1.54) is 18.4 Å². The Morgan fingerprint density at radius 1 is 1.07 bits per heavy atom. The molecule has 240 valence electrons. The van der Waals surface area contributed by atoms with E-state index in [1.54, 1.807) is 0 Å². The van der Waals surface area contributed by atoms with Gasteiger partial charge in [-0.1, -0.05) is 0 Å². The fourth-order valence-electron chi connectivity index (χ4n) is 7.13. The normalized spacial score (nSPS) is 23.0. The van der Waals surface area contributed by atoms with Gasteiger partial charge in [-0.15, -0.1) is 0 Å². The third-order valence-corrected chi connectivity index (χ3v) is 10.7. The van der Waals surface area contributed by atoms with Gasteiger partial charge < -0.3 is 28.7 Å². The van der Waals surface area contributed by atoms with Crippen LogP contribution >= 0.6 is 15.9 Å². The second-order valence-electron chi connectivity index (χ2n) is 14.4. The number of rotatable bonds is 7. The first kappa shape index (κ1) is 30.3. The van der Waals surface area contributed by atoms with E-state index in [9.17, 15) is 4.79 Å². The molecule has 5 fully saturated rings. The summed E-state index contributed by atoms with van der Waals surface area (Å²) in [6, 6.07) is 3.28. The molecule has 0 radical (unpaired) electrons. The van der Waals surface area contributed by atoms with Gasteiger partial charge in [0, 0.05) is 50.1 Å². The molecule has 0 atom stereocenters. The van der Waals surface area contributed by atoms with E-state index < -0.39 is 5.60 Å². The van der Waals surface area contributed by atoms with Crippen LogP contribution in [0, 0.1) is 5.41 Å². The Kier molecular flexibility index (Phi) is 8.10. The number of carbonyl (C=O) groups excluding carboxylic acids is 1. The molecule has 4 aliphatic heterocycles. The Hall–Kier alpha value is -2.37. The maximum absolute atomic E-state index is 12.6. The van der Waals surface area contributed by atoms with Gasteiger partial charge >= 0.3 is 12.1 Å². The monoisotopic (exact) mass is 671 g/mol. The number of nitrogens with zero attached hydrogens (tertiary/aromatic N) is 5. The van der Waals surface area contributed by atoms with Crippen LogP contribution in [-0.4, -0.2) is 103 Å². The average Bonchev–Trinajstić information content (AvgIpc) is 3.78. The molecule has 5 aliphatic rings. The van der Waals surface area contributed by atoms with Crippen molar-refractivity contribution >= 4 is 38.7 Å². The minimum absolute atomic E-state index is 0.0840. The van der Waals surface area contributed by atoms with Crippen molar-refractivity contribution in [1.82, 2.24) is 19.8 Å². The highest BCUT2D eigenvalue weighted by Crippen LogP contribution is 2.50. The van der Waals surface area contributed by atoms with Gasteiger partial charge in [0.25, 0.3) is 0 Å². The predicted molar refractivity (Wildman–Crippen MR) is 172 cm³/mol. The summed E-state index contributed by atoms with van der Waals surface area (Å²) in [6.07, 6.45) is 6.18. The molecule has 1 spiro atoms. The second-order valence-corrected chi connectivity index (χ2v) is 15.2. The van der Waals surface area contributed by atoms with Crippen LogP contribution in [0.1, 0.15) is 77.7 Å². The zero-order valence-corrected chi connectivity index (χ0v) is 28.2. The number of piperidine rings is 2. The van der Waals surface area contributed by atoms with Gasteiger partial charge in [-0.05, 0) is 99.7 Å². The number of halogens is 1. The summed E-state index contributed by atoms with van der Waals surface area (Å²) < 4.78 is 24.9. The van der Waals surface area contributed by atoms with Gasteiger partial charge in [-0.3, -0.25) is 4.90 Å². The highest BCUT2D eigenvalue weighted by Gasteiger charge is 2.48. The largest absolute Gasteiger partial charge is 0.490 e. The van der Waals surface area contributed by atoms with Gasteiger partial charge in [0.15, 0.2) is 5.75 Å². The molecule has 11 heteroatoms. The number of hydrogen-bond acceptors (Lipinski definition) is 9. The summed E-state index contributed by atoms with van der Waals surface area (Å²) in [5.41, 5.74) is 1.77. The van der Waals surface area contributed by atoms with Gasteiger partial charge in [-0.2, -0.15) is 9.97 Å². The Labute approximate surface area is 268 Å². The first-order chi connectivity index (χ1) is 21.1. The number of carbonyl (C=O) groups is 1. The van der Waals surface area contributed by atoms with Crippen LogP contribution < -0.4 is 14.4 Å². The minimum atomic E-state index is -0.478. The molecule has 0 N–H and O–H groups in total. The maximum Gasteiger partial charge on any atom is 0.410 e. The highest BCUT2D eigenvalue weighted by atomic mass is 79.9. The van der Waals surface area contributed by atoms with E-state index in [4.69, 9.17) is 28.9 Å². The third-order valence-electron chi connectivity index (χ3n) is 9.89. The van der Waals surface area contributed by atoms with E-state index in [0.29, 0.717) is 24.6 Å². The zero-order chi connectivity index (χ0) is 30.6. The number of benzene rings is 1. The lowest BCUT2D eigenvalue weighted by molar-refractivity contribution is -0.0781. The lowest BCUT2D eigenvalue weighted by atomic mass is 9.72. The van der Waals surface area contributed by atoms with Crippen molar-refractivity contribution in [2.75, 3.05) is 64.0 Å². The lowest BCUT2D eigenvalue weighted by Crippen LogP contribution is -2.62. The number of aromatic nitrogens is 2. The molecule has 2 aromatic rings. The van der Waals surface area contributed by atoms with Crippen molar-refractivity contribution in [3.63, 3.8) is 0 Å². The van der Waals surface area contributed by atoms with E-state index >= 15 is 0 Å². The van der Waals surface area contributed by atoms with E-state index in [-0.39, 0.29) is 17.6 Å². The van der Waals surface area contributed by atoms with Crippen LogP contribution in [0.2, 0.25) is 0 Å². The average molecular weight is 673 g/mol. The number of ether oxygens (including phenoxy) is 4. The summed E-state index contributed by atoms with van der Waals surface area (Å²) in [5.74, 6) is 2.27. The summed E-state index contributed by atoms with van der Waals surface area (Å²) in [4.78, 5) is 29.5. The number of likely N-dealkylation sites (tertiary alicyclic amines) is 2. The molecule has 4 saturated heterocycles. The zero-order valence-electron chi connectivity index (χ0n) is 26.6. The van der Waals surface area contributed by atoms with Gasteiger partial charge in [-0.25, -0.2) is 4.79 Å².